The molecule has 0 aromatic rings. The van der Waals surface area contributed by atoms with E-state index in [1.165, 1.54) is 32.4 Å². The molecule has 1 aliphatic carbocycles. The molecule has 84 valence electrons. The van der Waals surface area contributed by atoms with Crippen molar-refractivity contribution in [3.63, 3.8) is 0 Å². The van der Waals surface area contributed by atoms with Crippen LogP contribution in [0.3, 0.4) is 0 Å². The van der Waals surface area contributed by atoms with Crippen LogP contribution in [0.4, 0.5) is 0 Å². The first-order chi connectivity index (χ1) is 6.59. The third-order valence-corrected chi connectivity index (χ3v) is 3.57. The second-order valence-corrected chi connectivity index (χ2v) is 5.71. The molecule has 0 aliphatic heterocycles. The highest BCUT2D eigenvalue weighted by molar-refractivity contribution is 4.77. The Balaban J connectivity index is 2.17. The second-order valence-electron chi connectivity index (χ2n) is 5.71. The maximum Gasteiger partial charge on any atom is -0.00179 e. The van der Waals surface area contributed by atoms with Crippen molar-refractivity contribution >= 4 is 0 Å². The molecule has 0 saturated heterocycles. The lowest BCUT2D eigenvalue weighted by molar-refractivity contribution is 0.199. The normalized spacial score (nSPS) is 33.6. The van der Waals surface area contributed by atoms with Gasteiger partial charge in [0.25, 0.3) is 0 Å². The Hall–Kier alpha value is -0.0400. The summed E-state index contributed by atoms with van der Waals surface area (Å²) in [4.78, 5) is 0. The Kier molecular flexibility index (Phi) is 4.94. The summed E-state index contributed by atoms with van der Waals surface area (Å²) in [5, 5.41) is 3.60. The lowest BCUT2D eigenvalue weighted by Crippen LogP contribution is -2.33. The van der Waals surface area contributed by atoms with Gasteiger partial charge in [0.05, 0.1) is 0 Å². The van der Waals surface area contributed by atoms with Crippen LogP contribution >= 0.6 is 0 Å². The zero-order chi connectivity index (χ0) is 10.6. The van der Waals surface area contributed by atoms with Gasteiger partial charge in [-0.2, -0.15) is 0 Å². The molecular formula is C13H27N. The first-order valence-electron chi connectivity index (χ1n) is 6.30. The largest absolute Gasteiger partial charge is 0.316 e. The van der Waals surface area contributed by atoms with Crippen LogP contribution in [0.1, 0.15) is 47.0 Å². The molecule has 3 unspecified atom stereocenters. The van der Waals surface area contributed by atoms with Gasteiger partial charge in [0.1, 0.15) is 0 Å². The van der Waals surface area contributed by atoms with Gasteiger partial charge in [-0.3, -0.25) is 0 Å². The minimum atomic E-state index is 0.785. The highest BCUT2D eigenvalue weighted by Crippen LogP contribution is 2.32. The van der Waals surface area contributed by atoms with E-state index in [1.54, 1.807) is 0 Å². The van der Waals surface area contributed by atoms with Gasteiger partial charge < -0.3 is 5.32 Å². The van der Waals surface area contributed by atoms with Crippen molar-refractivity contribution in [1.82, 2.24) is 5.32 Å². The van der Waals surface area contributed by atoms with E-state index >= 15 is 0 Å². The third-order valence-electron chi connectivity index (χ3n) is 3.57. The van der Waals surface area contributed by atoms with Crippen LogP contribution in [-0.2, 0) is 0 Å². The van der Waals surface area contributed by atoms with Crippen LogP contribution in [0.5, 0.6) is 0 Å². The van der Waals surface area contributed by atoms with Gasteiger partial charge in [0.2, 0.25) is 0 Å². The third kappa shape index (κ3) is 4.00. The fraction of sp³-hybridized carbons (Fsp3) is 1.00. The summed E-state index contributed by atoms with van der Waals surface area (Å²) in [5.41, 5.74) is 0. The summed E-state index contributed by atoms with van der Waals surface area (Å²) in [6, 6.07) is 0. The number of hydrogen-bond donors (Lipinski definition) is 1. The van der Waals surface area contributed by atoms with E-state index in [1.807, 2.05) is 0 Å². The number of rotatable bonds is 4. The summed E-state index contributed by atoms with van der Waals surface area (Å²) in [7, 11) is 0. The summed E-state index contributed by atoms with van der Waals surface area (Å²) in [6.07, 6.45) is 4.32. The monoisotopic (exact) mass is 197 g/mol. The molecule has 1 heteroatoms. The lowest BCUT2D eigenvalue weighted by atomic mass is 9.75. The predicted octanol–water partition coefficient (Wildman–Crippen LogP) is 3.30. The fourth-order valence-corrected chi connectivity index (χ4v) is 2.59. The summed E-state index contributed by atoms with van der Waals surface area (Å²) >= 11 is 0. The average molecular weight is 197 g/mol. The standard InChI is InChI=1S/C13H27N/c1-10(2)8-14-9-13-6-5-11(3)7-12(13)4/h10-14H,5-9H2,1-4H3. The number of hydrogen-bond acceptors (Lipinski definition) is 1. The molecule has 1 aliphatic rings. The van der Waals surface area contributed by atoms with Crippen molar-refractivity contribution in [3.05, 3.63) is 0 Å². The quantitative estimate of drug-likeness (QED) is 0.729. The van der Waals surface area contributed by atoms with Crippen LogP contribution in [0.2, 0.25) is 0 Å². The lowest BCUT2D eigenvalue weighted by Gasteiger charge is -2.33. The van der Waals surface area contributed by atoms with E-state index in [0.29, 0.717) is 0 Å². The van der Waals surface area contributed by atoms with Crippen LogP contribution in [0, 0.1) is 23.7 Å². The molecule has 1 N–H and O–H groups in total. The van der Waals surface area contributed by atoms with Gasteiger partial charge in [0.15, 0.2) is 0 Å². The molecule has 14 heavy (non-hydrogen) atoms. The molecule has 1 nitrogen and oxygen atoms in total. The molecule has 0 aromatic heterocycles. The van der Waals surface area contributed by atoms with E-state index < -0.39 is 0 Å². The maximum absolute atomic E-state index is 3.60. The highest BCUT2D eigenvalue weighted by Gasteiger charge is 2.24. The predicted molar refractivity (Wildman–Crippen MR) is 63.4 cm³/mol. The first-order valence-corrected chi connectivity index (χ1v) is 6.30. The molecule has 3 atom stereocenters. The van der Waals surface area contributed by atoms with Gasteiger partial charge >= 0.3 is 0 Å². The van der Waals surface area contributed by atoms with E-state index in [4.69, 9.17) is 0 Å². The summed E-state index contributed by atoms with van der Waals surface area (Å²) < 4.78 is 0. The summed E-state index contributed by atoms with van der Waals surface area (Å²) in [5.74, 6) is 3.61. The molecule has 0 amide bonds. The number of nitrogens with one attached hydrogen (secondary N) is 1. The van der Waals surface area contributed by atoms with Crippen molar-refractivity contribution in [3.8, 4) is 0 Å². The van der Waals surface area contributed by atoms with Gasteiger partial charge in [-0.25, -0.2) is 0 Å². The zero-order valence-electron chi connectivity index (χ0n) is 10.3. The Labute approximate surface area is 89.7 Å². The molecule has 0 bridgehead atoms. The van der Waals surface area contributed by atoms with Gasteiger partial charge in [0, 0.05) is 0 Å². The van der Waals surface area contributed by atoms with E-state index in [9.17, 15) is 0 Å². The molecule has 1 saturated carbocycles. The SMILES string of the molecule is CC(C)CNCC1CCC(C)CC1C. The molecule has 0 aromatic carbocycles. The molecule has 0 radical (unpaired) electrons. The second kappa shape index (κ2) is 5.75. The molecular weight excluding hydrogens is 170 g/mol. The van der Waals surface area contributed by atoms with Crippen molar-refractivity contribution in [2.75, 3.05) is 13.1 Å². The minimum Gasteiger partial charge on any atom is -0.316 e. The molecule has 1 rings (SSSR count). The highest BCUT2D eigenvalue weighted by atomic mass is 14.9. The smallest absolute Gasteiger partial charge is 0.00179 e. The Bertz CT molecular complexity index is 153. The molecule has 0 heterocycles. The van der Waals surface area contributed by atoms with Crippen molar-refractivity contribution in [1.29, 1.82) is 0 Å². The Morgan fingerprint density at radius 1 is 1.21 bits per heavy atom. The van der Waals surface area contributed by atoms with Gasteiger partial charge in [-0.15, -0.1) is 0 Å². The zero-order valence-corrected chi connectivity index (χ0v) is 10.3. The minimum absolute atomic E-state index is 0.785. The van der Waals surface area contributed by atoms with Crippen molar-refractivity contribution in [2.45, 2.75) is 47.0 Å². The van der Waals surface area contributed by atoms with Crippen molar-refractivity contribution in [2.24, 2.45) is 23.7 Å². The Morgan fingerprint density at radius 2 is 1.93 bits per heavy atom. The van der Waals surface area contributed by atoms with Crippen LogP contribution in [0.25, 0.3) is 0 Å². The summed E-state index contributed by atoms with van der Waals surface area (Å²) in [6.45, 7) is 11.8. The maximum atomic E-state index is 3.60. The fourth-order valence-electron chi connectivity index (χ4n) is 2.59. The van der Waals surface area contributed by atoms with Crippen LogP contribution < -0.4 is 5.32 Å². The van der Waals surface area contributed by atoms with E-state index in [-0.39, 0.29) is 0 Å². The topological polar surface area (TPSA) is 12.0 Å². The molecule has 0 spiro atoms. The van der Waals surface area contributed by atoms with Crippen LogP contribution in [0.15, 0.2) is 0 Å². The molecule has 1 fully saturated rings. The Morgan fingerprint density at radius 3 is 2.50 bits per heavy atom. The van der Waals surface area contributed by atoms with Gasteiger partial charge in [-0.1, -0.05) is 34.1 Å². The van der Waals surface area contributed by atoms with E-state index in [0.717, 1.165) is 23.7 Å². The van der Waals surface area contributed by atoms with Gasteiger partial charge in [-0.05, 0) is 49.6 Å². The first kappa shape index (κ1) is 12.0. The van der Waals surface area contributed by atoms with Crippen molar-refractivity contribution < 1.29 is 0 Å². The average Bonchev–Trinajstić information content (AvgIpc) is 2.08. The van der Waals surface area contributed by atoms with Crippen LogP contribution in [-0.4, -0.2) is 13.1 Å². The van der Waals surface area contributed by atoms with E-state index in [2.05, 4.69) is 33.0 Å².